The minimum Gasteiger partial charge on any atom is -0.352 e. The Morgan fingerprint density at radius 3 is 2.49 bits per heavy atom. The van der Waals surface area contributed by atoms with Gasteiger partial charge in [0.2, 0.25) is 0 Å². The van der Waals surface area contributed by atoms with Crippen LogP contribution < -0.4 is 5.32 Å². The standard InChI is InChI=1S/C26H25ClN2O.C4H5F/c1-2-5-24-23-7-4-3-6-19(23)16-20-10-11-21(17-25(20)29-24)26(30)28-15-14-18-8-12-22(27)13-9-18;1-3-4(2)5/h3-4,6-13,17H,2,5,14-16H2,1H3,(H,28,30);3H,1-2H2. The van der Waals surface area contributed by atoms with E-state index in [0.717, 1.165) is 59.3 Å². The molecule has 0 spiro atoms. The molecule has 3 aromatic carbocycles. The maximum absolute atomic E-state index is 12.7. The fourth-order valence-electron chi connectivity index (χ4n) is 3.83. The predicted octanol–water partition coefficient (Wildman–Crippen LogP) is 7.79. The van der Waals surface area contributed by atoms with Crippen LogP contribution in [0.1, 0.15) is 52.4 Å². The van der Waals surface area contributed by atoms with E-state index < -0.39 is 5.83 Å². The van der Waals surface area contributed by atoms with Gasteiger partial charge < -0.3 is 5.32 Å². The van der Waals surface area contributed by atoms with Crippen molar-refractivity contribution >= 4 is 28.9 Å². The van der Waals surface area contributed by atoms with Crippen LogP contribution in [0.4, 0.5) is 10.1 Å². The van der Waals surface area contributed by atoms with Crippen molar-refractivity contribution in [2.45, 2.75) is 32.6 Å². The smallest absolute Gasteiger partial charge is 0.251 e. The Hall–Kier alpha value is -3.50. The van der Waals surface area contributed by atoms with Crippen molar-refractivity contribution < 1.29 is 9.18 Å². The Bertz CT molecular complexity index is 1230. The van der Waals surface area contributed by atoms with Crippen LogP contribution in [0.15, 0.2) is 96.8 Å². The largest absolute Gasteiger partial charge is 0.352 e. The third-order valence-corrected chi connectivity index (χ3v) is 5.88. The fourth-order valence-corrected chi connectivity index (χ4v) is 3.95. The average molecular weight is 489 g/mol. The lowest BCUT2D eigenvalue weighted by Crippen LogP contribution is -2.25. The van der Waals surface area contributed by atoms with Crippen LogP contribution in [0.2, 0.25) is 5.02 Å². The Morgan fingerprint density at radius 2 is 1.80 bits per heavy atom. The van der Waals surface area contributed by atoms with Crippen molar-refractivity contribution in [3.05, 3.63) is 125 Å². The normalized spacial score (nSPS) is 11.6. The van der Waals surface area contributed by atoms with E-state index in [9.17, 15) is 9.18 Å². The number of hydrogen-bond donors (Lipinski definition) is 1. The van der Waals surface area contributed by atoms with Gasteiger partial charge in [-0.1, -0.05) is 80.6 Å². The molecule has 35 heavy (non-hydrogen) atoms. The van der Waals surface area contributed by atoms with Crippen molar-refractivity contribution in [1.82, 2.24) is 5.32 Å². The lowest BCUT2D eigenvalue weighted by atomic mass is 9.96. The number of carbonyl (C=O) groups excluding carboxylic acids is 1. The topological polar surface area (TPSA) is 41.5 Å². The molecule has 1 N–H and O–H groups in total. The molecule has 0 aliphatic carbocycles. The molecular formula is C30H30ClFN2O. The zero-order valence-corrected chi connectivity index (χ0v) is 20.7. The van der Waals surface area contributed by atoms with E-state index in [1.165, 1.54) is 11.1 Å². The molecule has 180 valence electrons. The number of amides is 1. The zero-order valence-electron chi connectivity index (χ0n) is 20.0. The monoisotopic (exact) mass is 488 g/mol. The van der Waals surface area contributed by atoms with Gasteiger partial charge in [0.25, 0.3) is 5.91 Å². The average Bonchev–Trinajstić information content (AvgIpc) is 3.01. The second kappa shape index (κ2) is 12.8. The number of nitrogens with one attached hydrogen (secondary N) is 1. The highest BCUT2D eigenvalue weighted by Gasteiger charge is 2.17. The van der Waals surface area contributed by atoms with E-state index in [1.807, 2.05) is 42.5 Å². The summed E-state index contributed by atoms with van der Waals surface area (Å²) in [7, 11) is 0. The highest BCUT2D eigenvalue weighted by Crippen LogP contribution is 2.30. The molecule has 0 fully saturated rings. The van der Waals surface area contributed by atoms with Gasteiger partial charge in [0.05, 0.1) is 5.69 Å². The van der Waals surface area contributed by atoms with Crippen LogP contribution in [0.3, 0.4) is 0 Å². The number of fused-ring (bicyclic) bond motifs is 2. The van der Waals surface area contributed by atoms with Gasteiger partial charge in [-0.3, -0.25) is 9.79 Å². The first-order valence-electron chi connectivity index (χ1n) is 11.7. The van der Waals surface area contributed by atoms with Crippen LogP contribution in [0.5, 0.6) is 0 Å². The second-order valence-corrected chi connectivity index (χ2v) is 8.71. The van der Waals surface area contributed by atoms with E-state index >= 15 is 0 Å². The van der Waals surface area contributed by atoms with Gasteiger partial charge in [-0.15, -0.1) is 0 Å². The first-order valence-corrected chi connectivity index (χ1v) is 12.1. The van der Waals surface area contributed by atoms with E-state index in [4.69, 9.17) is 16.6 Å². The molecule has 1 aliphatic heterocycles. The van der Waals surface area contributed by atoms with Gasteiger partial charge in [-0.2, -0.15) is 0 Å². The highest BCUT2D eigenvalue weighted by atomic mass is 35.5. The molecule has 0 atom stereocenters. The SMILES string of the molecule is C=CC(=C)F.CCCC1=Nc2cc(C(=O)NCCc3ccc(Cl)cc3)ccc2Cc2ccccc21. The van der Waals surface area contributed by atoms with Crippen LogP contribution in [-0.4, -0.2) is 18.2 Å². The third kappa shape index (κ3) is 7.49. The number of hydrogen-bond acceptors (Lipinski definition) is 2. The van der Waals surface area contributed by atoms with E-state index in [-0.39, 0.29) is 5.91 Å². The molecule has 4 rings (SSSR count). The number of halogens is 2. The van der Waals surface area contributed by atoms with Crippen molar-refractivity contribution in [1.29, 1.82) is 0 Å². The highest BCUT2D eigenvalue weighted by molar-refractivity contribution is 6.30. The maximum Gasteiger partial charge on any atom is 0.251 e. The number of carbonyl (C=O) groups is 1. The Balaban J connectivity index is 0.000000623. The summed E-state index contributed by atoms with van der Waals surface area (Å²) in [6.45, 7) is 8.72. The Morgan fingerprint density at radius 1 is 1.09 bits per heavy atom. The number of benzene rings is 3. The van der Waals surface area contributed by atoms with Crippen LogP contribution in [0, 0.1) is 0 Å². The Labute approximate surface area is 212 Å². The summed E-state index contributed by atoms with van der Waals surface area (Å²) in [6, 6.07) is 22.1. The minimum atomic E-state index is -0.481. The molecule has 1 amide bonds. The minimum absolute atomic E-state index is 0.0687. The molecule has 0 aromatic heterocycles. The summed E-state index contributed by atoms with van der Waals surface area (Å²) in [5.41, 5.74) is 7.48. The van der Waals surface area contributed by atoms with Gasteiger partial charge in [0, 0.05) is 29.3 Å². The Kier molecular flexibility index (Phi) is 9.56. The van der Waals surface area contributed by atoms with Gasteiger partial charge in [0.1, 0.15) is 5.83 Å². The lowest BCUT2D eigenvalue weighted by molar-refractivity contribution is 0.0954. The number of nitrogens with zero attached hydrogens (tertiary/aromatic N) is 1. The summed E-state index contributed by atoms with van der Waals surface area (Å²) in [5, 5.41) is 3.74. The summed E-state index contributed by atoms with van der Waals surface area (Å²) >= 11 is 5.93. The number of rotatable bonds is 7. The number of aliphatic imine (C=N–C) groups is 1. The third-order valence-electron chi connectivity index (χ3n) is 5.63. The summed E-state index contributed by atoms with van der Waals surface area (Å²) in [4.78, 5) is 17.7. The predicted molar refractivity (Wildman–Crippen MR) is 145 cm³/mol. The summed E-state index contributed by atoms with van der Waals surface area (Å²) in [6.07, 6.45) is 4.62. The van der Waals surface area contributed by atoms with E-state index in [2.05, 4.69) is 49.7 Å². The van der Waals surface area contributed by atoms with E-state index in [0.29, 0.717) is 12.1 Å². The first-order chi connectivity index (χ1) is 16.9. The van der Waals surface area contributed by atoms with Crippen molar-refractivity contribution in [3.63, 3.8) is 0 Å². The summed E-state index contributed by atoms with van der Waals surface area (Å²) < 4.78 is 11.1. The molecule has 5 heteroatoms. The number of allylic oxidation sites excluding steroid dienone is 2. The van der Waals surface area contributed by atoms with Crippen LogP contribution in [-0.2, 0) is 12.8 Å². The molecular weight excluding hydrogens is 459 g/mol. The molecule has 3 aromatic rings. The molecule has 0 bridgehead atoms. The maximum atomic E-state index is 12.7. The molecule has 1 heterocycles. The van der Waals surface area contributed by atoms with Crippen LogP contribution >= 0.6 is 11.6 Å². The van der Waals surface area contributed by atoms with Crippen LogP contribution in [0.25, 0.3) is 0 Å². The molecule has 3 nitrogen and oxygen atoms in total. The van der Waals surface area contributed by atoms with Gasteiger partial charge in [0.15, 0.2) is 0 Å². The second-order valence-electron chi connectivity index (χ2n) is 8.27. The molecule has 1 aliphatic rings. The van der Waals surface area contributed by atoms with Crippen molar-refractivity contribution in [3.8, 4) is 0 Å². The van der Waals surface area contributed by atoms with Crippen molar-refractivity contribution in [2.75, 3.05) is 6.54 Å². The first kappa shape index (κ1) is 26.1. The molecule has 0 radical (unpaired) electrons. The molecule has 0 unspecified atom stereocenters. The molecule has 0 saturated carbocycles. The summed E-state index contributed by atoms with van der Waals surface area (Å²) in [5.74, 6) is -0.550. The van der Waals surface area contributed by atoms with E-state index in [1.54, 1.807) is 0 Å². The lowest BCUT2D eigenvalue weighted by Gasteiger charge is -2.09. The van der Waals surface area contributed by atoms with Crippen molar-refractivity contribution in [2.24, 2.45) is 4.99 Å². The fraction of sp³-hybridized carbons (Fsp3) is 0.200. The molecule has 0 saturated heterocycles. The van der Waals surface area contributed by atoms with Gasteiger partial charge in [-0.05, 0) is 65.4 Å². The van der Waals surface area contributed by atoms with Gasteiger partial charge in [-0.25, -0.2) is 4.39 Å². The van der Waals surface area contributed by atoms with Gasteiger partial charge >= 0.3 is 0 Å². The quantitative estimate of drug-likeness (QED) is 0.339. The zero-order chi connectivity index (χ0) is 25.2.